The van der Waals surface area contributed by atoms with Crippen LogP contribution in [-0.2, 0) is 6.42 Å². The van der Waals surface area contributed by atoms with Crippen molar-refractivity contribution in [2.24, 2.45) is 0 Å². The molecule has 1 saturated heterocycles. The molecular formula is C22H21NO4. The lowest BCUT2D eigenvalue weighted by Crippen LogP contribution is -2.30. The van der Waals surface area contributed by atoms with Crippen LogP contribution in [0.1, 0.15) is 58.0 Å². The number of benzene rings is 2. The summed E-state index contributed by atoms with van der Waals surface area (Å²) in [6, 6.07) is 15.6. The SMILES string of the molecule is CCc1oc(C(=O)N2CCCC2c2cccc3ccccc23)cc1C(=O)O. The molecule has 138 valence electrons. The zero-order valence-electron chi connectivity index (χ0n) is 15.1. The standard InChI is InChI=1S/C22H21NO4/c1-2-19-17(22(25)26)13-20(27-19)21(24)23-12-6-11-18(23)16-10-5-8-14-7-3-4-9-15(14)16/h3-5,7-10,13,18H,2,6,11-12H2,1H3,(H,25,26). The van der Waals surface area contributed by atoms with Gasteiger partial charge in [-0.05, 0) is 29.2 Å². The highest BCUT2D eigenvalue weighted by molar-refractivity contribution is 5.97. The zero-order chi connectivity index (χ0) is 19.0. The van der Waals surface area contributed by atoms with Crippen LogP contribution >= 0.6 is 0 Å². The maximum Gasteiger partial charge on any atom is 0.339 e. The average Bonchev–Trinajstić information content (AvgIpc) is 3.34. The molecule has 4 rings (SSSR count). The number of carbonyl (C=O) groups is 2. The van der Waals surface area contributed by atoms with Crippen molar-refractivity contribution in [1.82, 2.24) is 4.90 Å². The monoisotopic (exact) mass is 363 g/mol. The number of hydrogen-bond donors (Lipinski definition) is 1. The number of fused-ring (bicyclic) bond motifs is 1. The largest absolute Gasteiger partial charge is 0.478 e. The number of carboxylic acids is 1. The summed E-state index contributed by atoms with van der Waals surface area (Å²) in [6.45, 7) is 2.45. The van der Waals surface area contributed by atoms with Gasteiger partial charge in [-0.25, -0.2) is 4.79 Å². The summed E-state index contributed by atoms with van der Waals surface area (Å²) in [5, 5.41) is 11.6. The zero-order valence-corrected chi connectivity index (χ0v) is 15.1. The fraction of sp³-hybridized carbons (Fsp3) is 0.273. The number of hydrogen-bond acceptors (Lipinski definition) is 3. The second-order valence-electron chi connectivity index (χ2n) is 6.83. The molecule has 2 heterocycles. The first-order valence-electron chi connectivity index (χ1n) is 9.24. The minimum atomic E-state index is -1.07. The van der Waals surface area contributed by atoms with Gasteiger partial charge in [0, 0.05) is 19.0 Å². The lowest BCUT2D eigenvalue weighted by Gasteiger charge is -2.25. The Labute approximate surface area is 157 Å². The van der Waals surface area contributed by atoms with Crippen LogP contribution in [0, 0.1) is 0 Å². The van der Waals surface area contributed by atoms with Gasteiger partial charge >= 0.3 is 5.97 Å². The number of rotatable bonds is 4. The third-order valence-corrected chi connectivity index (χ3v) is 5.27. The first kappa shape index (κ1) is 17.3. The summed E-state index contributed by atoms with van der Waals surface area (Å²) in [7, 11) is 0. The van der Waals surface area contributed by atoms with Gasteiger partial charge in [0.05, 0.1) is 6.04 Å². The van der Waals surface area contributed by atoms with Gasteiger partial charge in [0.1, 0.15) is 11.3 Å². The maximum atomic E-state index is 13.1. The molecule has 27 heavy (non-hydrogen) atoms. The van der Waals surface area contributed by atoms with E-state index in [1.807, 2.05) is 30.0 Å². The Morgan fingerprint density at radius 2 is 1.96 bits per heavy atom. The summed E-state index contributed by atoms with van der Waals surface area (Å²) in [5.74, 6) is -0.863. The molecule has 1 aromatic heterocycles. The Hall–Kier alpha value is -3.08. The highest BCUT2D eigenvalue weighted by atomic mass is 16.4. The van der Waals surface area contributed by atoms with Gasteiger partial charge in [0.15, 0.2) is 5.76 Å². The molecule has 0 saturated carbocycles. The van der Waals surface area contributed by atoms with Gasteiger partial charge in [0.2, 0.25) is 0 Å². The van der Waals surface area contributed by atoms with E-state index in [4.69, 9.17) is 4.42 Å². The fourth-order valence-electron chi connectivity index (χ4n) is 3.99. The molecule has 1 atom stereocenters. The van der Waals surface area contributed by atoms with Crippen molar-refractivity contribution in [2.75, 3.05) is 6.54 Å². The Morgan fingerprint density at radius 3 is 2.70 bits per heavy atom. The fourth-order valence-corrected chi connectivity index (χ4v) is 3.99. The molecule has 0 radical (unpaired) electrons. The van der Waals surface area contributed by atoms with E-state index in [0.29, 0.717) is 18.7 Å². The van der Waals surface area contributed by atoms with E-state index in [-0.39, 0.29) is 23.3 Å². The van der Waals surface area contributed by atoms with Gasteiger partial charge in [-0.15, -0.1) is 0 Å². The van der Waals surface area contributed by atoms with Crippen molar-refractivity contribution in [1.29, 1.82) is 0 Å². The number of nitrogens with zero attached hydrogens (tertiary/aromatic N) is 1. The van der Waals surface area contributed by atoms with Crippen LogP contribution in [0.5, 0.6) is 0 Å². The maximum absolute atomic E-state index is 13.1. The molecule has 2 aromatic carbocycles. The number of aromatic carboxylic acids is 1. The minimum absolute atomic E-state index is 0.0351. The average molecular weight is 363 g/mol. The topological polar surface area (TPSA) is 70.8 Å². The summed E-state index contributed by atoms with van der Waals surface area (Å²) >= 11 is 0. The molecule has 5 heteroatoms. The quantitative estimate of drug-likeness (QED) is 0.731. The third kappa shape index (κ3) is 2.99. The van der Waals surface area contributed by atoms with Crippen molar-refractivity contribution < 1.29 is 19.1 Å². The third-order valence-electron chi connectivity index (χ3n) is 5.27. The van der Waals surface area contributed by atoms with E-state index in [2.05, 4.69) is 24.3 Å². The highest BCUT2D eigenvalue weighted by Crippen LogP contribution is 2.37. The van der Waals surface area contributed by atoms with Crippen LogP contribution in [0.25, 0.3) is 10.8 Å². The molecule has 5 nitrogen and oxygen atoms in total. The minimum Gasteiger partial charge on any atom is -0.478 e. The first-order chi connectivity index (χ1) is 13.1. The predicted molar refractivity (Wildman–Crippen MR) is 102 cm³/mol. The lowest BCUT2D eigenvalue weighted by atomic mass is 9.97. The number of carbonyl (C=O) groups excluding carboxylic acids is 1. The molecule has 1 fully saturated rings. The smallest absolute Gasteiger partial charge is 0.339 e. The van der Waals surface area contributed by atoms with E-state index < -0.39 is 5.97 Å². The summed E-state index contributed by atoms with van der Waals surface area (Å²) in [4.78, 5) is 26.3. The summed E-state index contributed by atoms with van der Waals surface area (Å²) < 4.78 is 5.60. The van der Waals surface area contributed by atoms with Crippen LogP contribution in [0.3, 0.4) is 0 Å². The van der Waals surface area contributed by atoms with Gasteiger partial charge in [-0.2, -0.15) is 0 Å². The van der Waals surface area contributed by atoms with Crippen LogP contribution in [0.4, 0.5) is 0 Å². The van der Waals surface area contributed by atoms with E-state index >= 15 is 0 Å². The molecule has 0 aliphatic carbocycles. The van der Waals surface area contributed by atoms with Crippen LogP contribution in [-0.4, -0.2) is 28.4 Å². The molecule has 1 N–H and O–H groups in total. The predicted octanol–water partition coefficient (Wildman–Crippen LogP) is 4.67. The van der Waals surface area contributed by atoms with Crippen molar-refractivity contribution in [3.05, 3.63) is 71.2 Å². The van der Waals surface area contributed by atoms with E-state index in [0.717, 1.165) is 29.2 Å². The Morgan fingerprint density at radius 1 is 1.19 bits per heavy atom. The molecular weight excluding hydrogens is 342 g/mol. The second kappa shape index (κ2) is 6.91. The van der Waals surface area contributed by atoms with Gasteiger partial charge in [-0.3, -0.25) is 4.79 Å². The normalized spacial score (nSPS) is 16.8. The molecule has 0 bridgehead atoms. The van der Waals surface area contributed by atoms with Gasteiger partial charge < -0.3 is 14.4 Å². The van der Waals surface area contributed by atoms with E-state index in [9.17, 15) is 14.7 Å². The number of aryl methyl sites for hydroxylation is 1. The van der Waals surface area contributed by atoms with Crippen molar-refractivity contribution in [3.8, 4) is 0 Å². The van der Waals surface area contributed by atoms with E-state index in [1.54, 1.807) is 0 Å². The second-order valence-corrected chi connectivity index (χ2v) is 6.83. The number of amides is 1. The lowest BCUT2D eigenvalue weighted by molar-refractivity contribution is 0.0687. The van der Waals surface area contributed by atoms with Gasteiger partial charge in [-0.1, -0.05) is 49.4 Å². The number of carboxylic acid groups (broad SMARTS) is 1. The summed E-state index contributed by atoms with van der Waals surface area (Å²) in [6.07, 6.45) is 2.22. The molecule has 1 aliphatic rings. The Bertz CT molecular complexity index is 1010. The van der Waals surface area contributed by atoms with Crippen molar-refractivity contribution >= 4 is 22.6 Å². The molecule has 0 spiro atoms. The molecule has 1 aliphatic heterocycles. The van der Waals surface area contributed by atoms with Crippen LogP contribution < -0.4 is 0 Å². The first-order valence-corrected chi connectivity index (χ1v) is 9.24. The number of likely N-dealkylation sites (tertiary alicyclic amines) is 1. The molecule has 1 amide bonds. The van der Waals surface area contributed by atoms with Gasteiger partial charge in [0.25, 0.3) is 5.91 Å². The highest BCUT2D eigenvalue weighted by Gasteiger charge is 2.33. The number of furan rings is 1. The van der Waals surface area contributed by atoms with Crippen molar-refractivity contribution in [2.45, 2.75) is 32.2 Å². The Kier molecular flexibility index (Phi) is 4.44. The van der Waals surface area contributed by atoms with E-state index in [1.165, 1.54) is 6.07 Å². The van der Waals surface area contributed by atoms with Crippen LogP contribution in [0.15, 0.2) is 52.9 Å². The van der Waals surface area contributed by atoms with Crippen molar-refractivity contribution in [3.63, 3.8) is 0 Å². The summed E-state index contributed by atoms with van der Waals surface area (Å²) in [5.41, 5.74) is 1.20. The molecule has 1 unspecified atom stereocenters. The van der Waals surface area contributed by atoms with Crippen LogP contribution in [0.2, 0.25) is 0 Å². The Balaban J connectivity index is 1.71. The molecule has 3 aromatic rings.